The predicted octanol–water partition coefficient (Wildman–Crippen LogP) is 2.13. The van der Waals surface area contributed by atoms with Crippen molar-refractivity contribution in [1.82, 2.24) is 9.80 Å². The van der Waals surface area contributed by atoms with Crippen LogP contribution in [0.3, 0.4) is 0 Å². The van der Waals surface area contributed by atoms with E-state index < -0.39 is 11.6 Å². The number of aliphatic hydroxyl groups excluding tert-OH is 1. The number of hydrogen-bond acceptors (Lipinski definition) is 3. The predicted molar refractivity (Wildman–Crippen MR) is 84.1 cm³/mol. The molecule has 1 unspecified atom stereocenters. The van der Waals surface area contributed by atoms with Gasteiger partial charge in [-0.25, -0.2) is 8.78 Å². The van der Waals surface area contributed by atoms with Gasteiger partial charge >= 0.3 is 0 Å². The molecule has 1 aromatic rings. The van der Waals surface area contributed by atoms with Gasteiger partial charge < -0.3 is 10.0 Å². The summed E-state index contributed by atoms with van der Waals surface area (Å²) in [5.74, 6) is -1.91. The molecule has 1 atom stereocenters. The van der Waals surface area contributed by atoms with Crippen LogP contribution in [0.25, 0.3) is 0 Å². The van der Waals surface area contributed by atoms with E-state index in [0.717, 1.165) is 18.6 Å². The molecule has 23 heavy (non-hydrogen) atoms. The largest absolute Gasteiger partial charge is 0.390 e. The Kier molecular flexibility index (Phi) is 5.70. The number of aliphatic hydroxyl groups is 1. The van der Waals surface area contributed by atoms with Crippen molar-refractivity contribution in [1.29, 1.82) is 0 Å². The van der Waals surface area contributed by atoms with E-state index in [-0.39, 0.29) is 23.6 Å². The fraction of sp³-hybridized carbons (Fsp3) is 0.588. The van der Waals surface area contributed by atoms with Crippen molar-refractivity contribution in [3.63, 3.8) is 0 Å². The summed E-state index contributed by atoms with van der Waals surface area (Å²) in [4.78, 5) is 16.2. The Bertz CT molecular complexity index is 560. The maximum atomic E-state index is 13.3. The molecule has 1 amide bonds. The highest BCUT2D eigenvalue weighted by molar-refractivity contribution is 5.94. The van der Waals surface area contributed by atoms with Gasteiger partial charge in [-0.1, -0.05) is 13.8 Å². The van der Waals surface area contributed by atoms with Crippen molar-refractivity contribution in [2.24, 2.45) is 5.92 Å². The van der Waals surface area contributed by atoms with Crippen molar-refractivity contribution in [2.45, 2.75) is 32.4 Å². The van der Waals surface area contributed by atoms with E-state index in [2.05, 4.69) is 18.7 Å². The molecule has 0 saturated carbocycles. The lowest BCUT2D eigenvalue weighted by atomic mass is 9.99. The van der Waals surface area contributed by atoms with Gasteiger partial charge in [0.05, 0.1) is 6.10 Å². The van der Waals surface area contributed by atoms with Gasteiger partial charge in [-0.3, -0.25) is 9.69 Å². The molecule has 1 heterocycles. The highest BCUT2D eigenvalue weighted by Crippen LogP contribution is 2.19. The Hall–Kier alpha value is -1.53. The second-order valence-electron chi connectivity index (χ2n) is 6.70. The highest BCUT2D eigenvalue weighted by Gasteiger charge is 2.30. The number of carbonyl (C=O) groups excluding carboxylic acids is 1. The van der Waals surface area contributed by atoms with Crippen LogP contribution in [-0.4, -0.2) is 59.6 Å². The van der Waals surface area contributed by atoms with Crippen LogP contribution in [0.2, 0.25) is 0 Å². The Morgan fingerprint density at radius 1 is 1.35 bits per heavy atom. The average Bonchev–Trinajstić information content (AvgIpc) is 2.45. The van der Waals surface area contributed by atoms with Gasteiger partial charge in [0, 0.05) is 38.3 Å². The monoisotopic (exact) mass is 326 g/mol. The molecular weight excluding hydrogens is 302 g/mol. The maximum absolute atomic E-state index is 13.3. The molecular formula is C17H24F2N2O2. The second-order valence-corrected chi connectivity index (χ2v) is 6.70. The molecule has 4 nitrogen and oxygen atoms in total. The number of amides is 1. The van der Waals surface area contributed by atoms with E-state index in [1.165, 1.54) is 6.07 Å². The van der Waals surface area contributed by atoms with Crippen molar-refractivity contribution in [3.05, 3.63) is 35.4 Å². The van der Waals surface area contributed by atoms with Crippen molar-refractivity contribution in [3.8, 4) is 0 Å². The van der Waals surface area contributed by atoms with E-state index >= 15 is 0 Å². The SMILES string of the molecule is CC(C)CC(CN1CC(O)C1)N(C)C(=O)c1ccc(F)c(F)c1. The molecule has 0 bridgehead atoms. The number of rotatable bonds is 6. The third kappa shape index (κ3) is 4.48. The Morgan fingerprint density at radius 2 is 2.00 bits per heavy atom. The lowest BCUT2D eigenvalue weighted by Gasteiger charge is -2.41. The number of halogens is 2. The molecule has 2 rings (SSSR count). The van der Waals surface area contributed by atoms with Gasteiger partial charge in [-0.05, 0) is 30.5 Å². The molecule has 0 aliphatic carbocycles. The van der Waals surface area contributed by atoms with Crippen LogP contribution in [0.4, 0.5) is 8.78 Å². The molecule has 1 aliphatic heterocycles. The third-order valence-electron chi connectivity index (χ3n) is 4.18. The molecule has 1 aromatic carbocycles. The maximum Gasteiger partial charge on any atom is 0.253 e. The van der Waals surface area contributed by atoms with E-state index in [4.69, 9.17) is 0 Å². The first kappa shape index (κ1) is 17.8. The van der Waals surface area contributed by atoms with Crippen LogP contribution in [-0.2, 0) is 0 Å². The molecule has 0 spiro atoms. The quantitative estimate of drug-likeness (QED) is 0.871. The average molecular weight is 326 g/mol. The summed E-state index contributed by atoms with van der Waals surface area (Å²) in [6.45, 7) is 6.05. The standard InChI is InChI=1S/C17H24F2N2O2/c1-11(2)6-13(8-21-9-14(22)10-21)20(3)17(23)12-4-5-15(18)16(19)7-12/h4-5,7,11,13-14,22H,6,8-10H2,1-3H3. The number of nitrogens with zero attached hydrogens (tertiary/aromatic N) is 2. The first-order chi connectivity index (χ1) is 10.8. The minimum atomic E-state index is -1.02. The number of carbonyl (C=O) groups is 1. The van der Waals surface area contributed by atoms with Crippen LogP contribution in [0.15, 0.2) is 18.2 Å². The summed E-state index contributed by atoms with van der Waals surface area (Å²) in [5.41, 5.74) is 0.142. The van der Waals surface area contributed by atoms with E-state index in [0.29, 0.717) is 25.6 Å². The van der Waals surface area contributed by atoms with Crippen LogP contribution in [0.5, 0.6) is 0 Å². The van der Waals surface area contributed by atoms with Gasteiger partial charge in [0.25, 0.3) is 5.91 Å². The third-order valence-corrected chi connectivity index (χ3v) is 4.18. The number of likely N-dealkylation sites (N-methyl/N-ethyl adjacent to an activating group) is 1. The second kappa shape index (κ2) is 7.36. The lowest BCUT2D eigenvalue weighted by Crippen LogP contribution is -2.56. The Labute approximate surface area is 135 Å². The molecule has 0 radical (unpaired) electrons. The first-order valence-electron chi connectivity index (χ1n) is 7.90. The number of benzene rings is 1. The normalized spacial score (nSPS) is 17.2. The Balaban J connectivity index is 2.09. The molecule has 128 valence electrons. The van der Waals surface area contributed by atoms with E-state index in [1.54, 1.807) is 11.9 Å². The topological polar surface area (TPSA) is 43.8 Å². The molecule has 1 N–H and O–H groups in total. The summed E-state index contributed by atoms with van der Waals surface area (Å²) in [5, 5.41) is 9.40. The van der Waals surface area contributed by atoms with Gasteiger partial charge in [0.15, 0.2) is 11.6 Å². The zero-order valence-electron chi connectivity index (χ0n) is 13.8. The summed E-state index contributed by atoms with van der Waals surface area (Å²) in [7, 11) is 1.69. The van der Waals surface area contributed by atoms with Crippen LogP contribution >= 0.6 is 0 Å². The van der Waals surface area contributed by atoms with Crippen molar-refractivity contribution >= 4 is 5.91 Å². The molecule has 1 fully saturated rings. The summed E-state index contributed by atoms with van der Waals surface area (Å²) in [6.07, 6.45) is 0.514. The summed E-state index contributed by atoms with van der Waals surface area (Å²) in [6, 6.07) is 3.17. The zero-order valence-corrected chi connectivity index (χ0v) is 13.8. The minimum absolute atomic E-state index is 0.0388. The minimum Gasteiger partial charge on any atom is -0.390 e. The van der Waals surface area contributed by atoms with Gasteiger partial charge in [0.2, 0.25) is 0 Å². The zero-order chi connectivity index (χ0) is 17.1. The number of β-amino-alcohol motifs (C(OH)–C–C–N with tert-alkyl or cyclic N) is 1. The highest BCUT2D eigenvalue weighted by atomic mass is 19.2. The van der Waals surface area contributed by atoms with Crippen LogP contribution < -0.4 is 0 Å². The van der Waals surface area contributed by atoms with Gasteiger partial charge in [-0.15, -0.1) is 0 Å². The van der Waals surface area contributed by atoms with E-state index in [9.17, 15) is 18.7 Å². The van der Waals surface area contributed by atoms with Crippen molar-refractivity contribution in [2.75, 3.05) is 26.7 Å². The molecule has 1 saturated heterocycles. The number of likely N-dealkylation sites (tertiary alicyclic amines) is 1. The number of hydrogen-bond donors (Lipinski definition) is 1. The van der Waals surface area contributed by atoms with Crippen LogP contribution in [0.1, 0.15) is 30.6 Å². The van der Waals surface area contributed by atoms with E-state index in [1.807, 2.05) is 0 Å². The molecule has 0 aromatic heterocycles. The smallest absolute Gasteiger partial charge is 0.253 e. The fourth-order valence-corrected chi connectivity index (χ4v) is 2.89. The fourth-order valence-electron chi connectivity index (χ4n) is 2.89. The van der Waals surface area contributed by atoms with Gasteiger partial charge in [0.1, 0.15) is 0 Å². The summed E-state index contributed by atoms with van der Waals surface area (Å²) < 4.78 is 26.4. The Morgan fingerprint density at radius 3 is 2.52 bits per heavy atom. The summed E-state index contributed by atoms with van der Waals surface area (Å²) >= 11 is 0. The van der Waals surface area contributed by atoms with Gasteiger partial charge in [-0.2, -0.15) is 0 Å². The van der Waals surface area contributed by atoms with Crippen molar-refractivity contribution < 1.29 is 18.7 Å². The molecule has 1 aliphatic rings. The van der Waals surface area contributed by atoms with Crippen LogP contribution in [0, 0.1) is 17.6 Å². The lowest BCUT2D eigenvalue weighted by molar-refractivity contribution is -0.0123. The molecule has 6 heteroatoms. The first-order valence-corrected chi connectivity index (χ1v) is 7.90.